The van der Waals surface area contributed by atoms with Crippen LogP contribution in [-0.4, -0.2) is 11.4 Å². The molecule has 0 unspecified atom stereocenters. The summed E-state index contributed by atoms with van der Waals surface area (Å²) < 4.78 is 1.05. The Morgan fingerprint density at radius 3 is 2.45 bits per heavy atom. The van der Waals surface area contributed by atoms with Crippen LogP contribution in [0.1, 0.15) is 35.3 Å². The Bertz CT molecular complexity index is 678. The van der Waals surface area contributed by atoms with Crippen molar-refractivity contribution >= 4 is 27.5 Å². The third-order valence-electron chi connectivity index (χ3n) is 3.52. The second kappa shape index (κ2) is 6.53. The van der Waals surface area contributed by atoms with Gasteiger partial charge in [-0.3, -0.25) is 4.79 Å². The summed E-state index contributed by atoms with van der Waals surface area (Å²) >= 11 is 3.43. The highest BCUT2D eigenvalue weighted by Gasteiger charge is 2.22. The van der Waals surface area contributed by atoms with Gasteiger partial charge in [-0.05, 0) is 62.6 Å². The number of aryl methyl sites for hydroxylation is 1. The highest BCUT2D eigenvalue weighted by molar-refractivity contribution is 9.10. The number of carbonyl (C=O) groups is 1. The molecule has 1 amide bonds. The Morgan fingerprint density at radius 2 is 1.82 bits per heavy atom. The molecule has 0 aliphatic carbocycles. The van der Waals surface area contributed by atoms with Gasteiger partial charge in [0.05, 0.1) is 0 Å². The fourth-order valence-electron chi connectivity index (χ4n) is 2.42. The lowest BCUT2D eigenvalue weighted by molar-refractivity contribution is 0.0912. The minimum Gasteiger partial charge on any atom is -0.399 e. The number of anilines is 1. The summed E-state index contributed by atoms with van der Waals surface area (Å²) in [7, 11) is 0. The Balaban J connectivity index is 2.12. The van der Waals surface area contributed by atoms with Crippen molar-refractivity contribution in [2.75, 3.05) is 5.73 Å². The minimum atomic E-state index is -0.345. The number of benzene rings is 2. The van der Waals surface area contributed by atoms with Crippen molar-refractivity contribution in [2.45, 2.75) is 32.7 Å². The highest BCUT2D eigenvalue weighted by atomic mass is 79.9. The number of nitrogens with one attached hydrogen (secondary N) is 1. The number of carbonyl (C=O) groups excluding carboxylic acids is 1. The molecule has 0 bridgehead atoms. The molecule has 22 heavy (non-hydrogen) atoms. The summed E-state index contributed by atoms with van der Waals surface area (Å²) in [5.41, 5.74) is 8.77. The van der Waals surface area contributed by atoms with Crippen molar-refractivity contribution < 1.29 is 4.79 Å². The molecule has 0 aliphatic rings. The molecule has 0 aromatic heterocycles. The van der Waals surface area contributed by atoms with Gasteiger partial charge in [0.15, 0.2) is 0 Å². The molecule has 2 aromatic carbocycles. The molecule has 0 fully saturated rings. The maximum Gasteiger partial charge on any atom is 0.252 e. The zero-order valence-electron chi connectivity index (χ0n) is 13.1. The number of nitrogens with two attached hydrogens (primary N) is 1. The standard InChI is InChI=1S/C18H21BrN2O/c1-12-4-9-15(20)10-16(12)17(22)21-18(2,3)11-13-5-7-14(19)8-6-13/h4-10H,11,20H2,1-3H3,(H,21,22). The Labute approximate surface area is 140 Å². The highest BCUT2D eigenvalue weighted by Crippen LogP contribution is 2.18. The lowest BCUT2D eigenvalue weighted by Gasteiger charge is -2.27. The van der Waals surface area contributed by atoms with Crippen molar-refractivity contribution in [1.29, 1.82) is 0 Å². The summed E-state index contributed by atoms with van der Waals surface area (Å²) in [6.07, 6.45) is 0.757. The van der Waals surface area contributed by atoms with Gasteiger partial charge in [-0.2, -0.15) is 0 Å². The molecule has 116 valence electrons. The second-order valence-electron chi connectivity index (χ2n) is 6.22. The zero-order valence-corrected chi connectivity index (χ0v) is 14.7. The molecular formula is C18H21BrN2O. The number of nitrogen functional groups attached to an aromatic ring is 1. The maximum atomic E-state index is 12.5. The maximum absolute atomic E-state index is 12.5. The summed E-state index contributed by atoms with van der Waals surface area (Å²) in [4.78, 5) is 12.5. The average Bonchev–Trinajstić information content (AvgIpc) is 2.43. The van der Waals surface area contributed by atoms with Gasteiger partial charge in [-0.1, -0.05) is 34.1 Å². The zero-order chi connectivity index (χ0) is 16.3. The number of rotatable bonds is 4. The van der Waals surface area contributed by atoms with E-state index in [1.54, 1.807) is 12.1 Å². The van der Waals surface area contributed by atoms with Crippen LogP contribution in [0.3, 0.4) is 0 Å². The Kier molecular flexibility index (Phi) is 4.91. The van der Waals surface area contributed by atoms with Crippen molar-refractivity contribution in [3.63, 3.8) is 0 Å². The first-order valence-electron chi connectivity index (χ1n) is 7.20. The van der Waals surface area contributed by atoms with Gasteiger partial charge in [0, 0.05) is 21.3 Å². The number of hydrogen-bond donors (Lipinski definition) is 2. The minimum absolute atomic E-state index is 0.0908. The molecule has 3 N–H and O–H groups in total. The third kappa shape index (κ3) is 4.34. The van der Waals surface area contributed by atoms with Crippen LogP contribution in [0.4, 0.5) is 5.69 Å². The van der Waals surface area contributed by atoms with Crippen LogP contribution in [0.15, 0.2) is 46.9 Å². The van der Waals surface area contributed by atoms with Crippen molar-refractivity contribution in [1.82, 2.24) is 5.32 Å². The first-order chi connectivity index (χ1) is 10.3. The van der Waals surface area contributed by atoms with E-state index < -0.39 is 0 Å². The summed E-state index contributed by atoms with van der Waals surface area (Å²) in [5.74, 6) is -0.0908. The van der Waals surface area contributed by atoms with Crippen LogP contribution in [0.2, 0.25) is 0 Å². The van der Waals surface area contributed by atoms with E-state index in [4.69, 9.17) is 5.73 Å². The molecule has 0 heterocycles. The van der Waals surface area contributed by atoms with Crippen LogP contribution < -0.4 is 11.1 Å². The predicted octanol–water partition coefficient (Wildman–Crippen LogP) is 4.09. The average molecular weight is 361 g/mol. The lowest BCUT2D eigenvalue weighted by atomic mass is 9.94. The molecule has 0 spiro atoms. The van der Waals surface area contributed by atoms with E-state index in [-0.39, 0.29) is 11.4 Å². The molecule has 4 heteroatoms. The van der Waals surface area contributed by atoms with E-state index in [1.807, 2.05) is 39.0 Å². The fraction of sp³-hybridized carbons (Fsp3) is 0.278. The molecule has 0 saturated carbocycles. The van der Waals surface area contributed by atoms with Crippen molar-refractivity contribution in [3.8, 4) is 0 Å². The summed E-state index contributed by atoms with van der Waals surface area (Å²) in [6, 6.07) is 13.5. The van der Waals surface area contributed by atoms with E-state index in [2.05, 4.69) is 33.4 Å². The first kappa shape index (κ1) is 16.6. The molecule has 0 atom stereocenters. The van der Waals surface area contributed by atoms with E-state index in [0.717, 1.165) is 16.5 Å². The largest absolute Gasteiger partial charge is 0.399 e. The predicted molar refractivity (Wildman–Crippen MR) is 95.0 cm³/mol. The molecule has 0 aliphatic heterocycles. The Morgan fingerprint density at radius 1 is 1.18 bits per heavy atom. The van der Waals surface area contributed by atoms with Gasteiger partial charge in [0.1, 0.15) is 0 Å². The van der Waals surface area contributed by atoms with E-state index in [1.165, 1.54) is 5.56 Å². The first-order valence-corrected chi connectivity index (χ1v) is 7.99. The van der Waals surface area contributed by atoms with Gasteiger partial charge in [0.25, 0.3) is 5.91 Å². The van der Waals surface area contributed by atoms with Gasteiger partial charge >= 0.3 is 0 Å². The fourth-order valence-corrected chi connectivity index (χ4v) is 2.68. The molecule has 0 saturated heterocycles. The van der Waals surface area contributed by atoms with Gasteiger partial charge in [-0.15, -0.1) is 0 Å². The van der Waals surface area contributed by atoms with Crippen LogP contribution in [0.25, 0.3) is 0 Å². The van der Waals surface area contributed by atoms with Gasteiger partial charge < -0.3 is 11.1 Å². The van der Waals surface area contributed by atoms with Crippen LogP contribution >= 0.6 is 15.9 Å². The normalized spacial score (nSPS) is 11.3. The van der Waals surface area contributed by atoms with E-state index >= 15 is 0 Å². The van der Waals surface area contributed by atoms with Gasteiger partial charge in [0.2, 0.25) is 0 Å². The lowest BCUT2D eigenvalue weighted by Crippen LogP contribution is -2.45. The molecule has 3 nitrogen and oxygen atoms in total. The molecule has 2 rings (SSSR count). The van der Waals surface area contributed by atoms with Crippen LogP contribution in [0.5, 0.6) is 0 Å². The molecule has 2 aromatic rings. The summed E-state index contributed by atoms with van der Waals surface area (Å²) in [6.45, 7) is 5.96. The van der Waals surface area contributed by atoms with Gasteiger partial charge in [-0.25, -0.2) is 0 Å². The molecular weight excluding hydrogens is 340 g/mol. The van der Waals surface area contributed by atoms with E-state index in [0.29, 0.717) is 11.3 Å². The quantitative estimate of drug-likeness (QED) is 0.806. The van der Waals surface area contributed by atoms with Crippen LogP contribution in [0, 0.1) is 6.92 Å². The summed E-state index contributed by atoms with van der Waals surface area (Å²) in [5, 5.41) is 3.10. The third-order valence-corrected chi connectivity index (χ3v) is 4.05. The number of amides is 1. The monoisotopic (exact) mass is 360 g/mol. The van der Waals surface area contributed by atoms with Crippen molar-refractivity contribution in [3.05, 3.63) is 63.6 Å². The number of halogens is 1. The topological polar surface area (TPSA) is 55.1 Å². The number of hydrogen-bond acceptors (Lipinski definition) is 2. The Hall–Kier alpha value is -1.81. The molecule has 0 radical (unpaired) electrons. The van der Waals surface area contributed by atoms with E-state index in [9.17, 15) is 4.79 Å². The smallest absolute Gasteiger partial charge is 0.252 e. The second-order valence-corrected chi connectivity index (χ2v) is 7.13. The SMILES string of the molecule is Cc1ccc(N)cc1C(=O)NC(C)(C)Cc1ccc(Br)cc1. The van der Waals surface area contributed by atoms with Crippen LogP contribution in [-0.2, 0) is 6.42 Å². The van der Waals surface area contributed by atoms with Crippen molar-refractivity contribution in [2.24, 2.45) is 0 Å².